The second kappa shape index (κ2) is 4.80. The second-order valence-electron chi connectivity index (χ2n) is 2.80. The molecule has 0 spiro atoms. The van der Waals surface area contributed by atoms with Crippen LogP contribution in [0.4, 0.5) is 0 Å². The van der Waals surface area contributed by atoms with Crippen molar-refractivity contribution in [1.82, 2.24) is 0 Å². The number of hydrogen-bond acceptors (Lipinski definition) is 0. The highest BCUT2D eigenvalue weighted by Crippen LogP contribution is 2.50. The molecule has 0 rings (SSSR count). The Morgan fingerprint density at radius 1 is 0.750 bits per heavy atom. The molecule has 12 heavy (non-hydrogen) atoms. The summed E-state index contributed by atoms with van der Waals surface area (Å²) in [4.78, 5) is 0. The fourth-order valence-electron chi connectivity index (χ4n) is 0.942. The Kier molecular flexibility index (Phi) is 5.67. The van der Waals surface area contributed by atoms with Gasteiger partial charge in [0.15, 0.2) is 0 Å². The van der Waals surface area contributed by atoms with Crippen LogP contribution in [-0.2, 0) is 0 Å². The van der Waals surface area contributed by atoms with Crippen LogP contribution in [0.2, 0.25) is 5.16 Å². The van der Waals surface area contributed by atoms with E-state index in [9.17, 15) is 0 Å². The SMILES string of the molecule is CC(C)C([Si](Cl)(Cl)Cl)[Si](Cl)(Cl)Cl. The van der Waals surface area contributed by atoms with Crippen molar-refractivity contribution in [1.29, 1.82) is 0 Å². The molecule has 0 heterocycles. The highest BCUT2D eigenvalue weighted by atomic mass is 35.8. The third-order valence-corrected chi connectivity index (χ3v) is 14.2. The summed E-state index contributed by atoms with van der Waals surface area (Å²) in [6.45, 7) is 3.79. The Balaban J connectivity index is 4.70. The average molecular weight is 325 g/mol. The largest absolute Gasteiger partial charge is 0.345 e. The van der Waals surface area contributed by atoms with Crippen molar-refractivity contribution in [2.45, 2.75) is 19.0 Å². The molecule has 0 fully saturated rings. The van der Waals surface area contributed by atoms with E-state index >= 15 is 0 Å². The van der Waals surface area contributed by atoms with Crippen molar-refractivity contribution in [3.05, 3.63) is 0 Å². The van der Waals surface area contributed by atoms with E-state index in [2.05, 4.69) is 0 Å². The summed E-state index contributed by atoms with van der Waals surface area (Å²) >= 11 is 35.0. The van der Waals surface area contributed by atoms with Crippen molar-refractivity contribution in [2.24, 2.45) is 5.92 Å². The van der Waals surface area contributed by atoms with E-state index in [1.165, 1.54) is 0 Å². The Morgan fingerprint density at radius 2 is 1.00 bits per heavy atom. The van der Waals surface area contributed by atoms with Crippen molar-refractivity contribution in [2.75, 3.05) is 0 Å². The fourth-order valence-corrected chi connectivity index (χ4v) is 21.8. The molecule has 0 radical (unpaired) electrons. The van der Waals surface area contributed by atoms with E-state index in [4.69, 9.17) is 66.5 Å². The predicted octanol–water partition coefficient (Wildman–Crippen LogP) is 4.86. The molecule has 0 N–H and O–H groups in total. The minimum atomic E-state index is -2.90. The van der Waals surface area contributed by atoms with E-state index in [0.29, 0.717) is 0 Å². The number of halogens is 6. The molecule has 0 saturated heterocycles. The first-order valence-corrected chi connectivity index (χ1v) is 13.4. The average Bonchev–Trinajstić information content (AvgIpc) is 1.49. The normalized spacial score (nSPS) is 14.5. The molecule has 0 bridgehead atoms. The molecule has 0 aliphatic carbocycles. The van der Waals surface area contributed by atoms with Gasteiger partial charge in [-0.05, 0) is 5.92 Å². The molecule has 0 aliphatic heterocycles. The molecule has 0 aromatic rings. The van der Waals surface area contributed by atoms with E-state index in [-0.39, 0.29) is 11.1 Å². The monoisotopic (exact) mass is 322 g/mol. The standard InChI is InChI=1S/C4H8Cl6Si2/c1-3(2)4(11(5,6)7)12(8,9)10/h3-4H,1-2H3. The van der Waals surface area contributed by atoms with Crippen LogP contribution in [0.25, 0.3) is 0 Å². The highest BCUT2D eigenvalue weighted by Gasteiger charge is 2.52. The molecule has 0 amide bonds. The Morgan fingerprint density at radius 3 is 1.00 bits per heavy atom. The summed E-state index contributed by atoms with van der Waals surface area (Å²) in [5.74, 6) is 0.100. The molecule has 0 aromatic carbocycles. The van der Waals surface area contributed by atoms with Gasteiger partial charge >= 0.3 is 12.0 Å². The molecule has 8 heteroatoms. The number of hydrogen-bond donors (Lipinski definition) is 0. The van der Waals surface area contributed by atoms with Crippen LogP contribution in [0.5, 0.6) is 0 Å². The summed E-state index contributed by atoms with van der Waals surface area (Å²) in [7, 11) is 0. The van der Waals surface area contributed by atoms with E-state index < -0.39 is 12.0 Å². The van der Waals surface area contributed by atoms with E-state index in [1.54, 1.807) is 0 Å². The van der Waals surface area contributed by atoms with Gasteiger partial charge in [0, 0.05) is 5.16 Å². The lowest BCUT2D eigenvalue weighted by Gasteiger charge is -2.29. The quantitative estimate of drug-likeness (QED) is 0.513. The first kappa shape index (κ1) is 14.2. The van der Waals surface area contributed by atoms with Crippen LogP contribution >= 0.6 is 66.5 Å². The van der Waals surface area contributed by atoms with Crippen molar-refractivity contribution in [3.8, 4) is 0 Å². The Hall–Kier alpha value is 2.17. The van der Waals surface area contributed by atoms with Gasteiger partial charge < -0.3 is 0 Å². The maximum atomic E-state index is 5.83. The van der Waals surface area contributed by atoms with Crippen molar-refractivity contribution in [3.63, 3.8) is 0 Å². The third-order valence-electron chi connectivity index (χ3n) is 1.37. The summed E-state index contributed by atoms with van der Waals surface area (Å²) in [5, 5.41) is -0.347. The highest BCUT2D eigenvalue weighted by molar-refractivity contribution is 7.75. The summed E-state index contributed by atoms with van der Waals surface area (Å²) in [5.41, 5.74) is 0. The lowest BCUT2D eigenvalue weighted by molar-refractivity contribution is 0.690. The lowest BCUT2D eigenvalue weighted by Crippen LogP contribution is -2.38. The molecule has 0 saturated carbocycles. The van der Waals surface area contributed by atoms with Crippen molar-refractivity contribution < 1.29 is 0 Å². The topological polar surface area (TPSA) is 0 Å². The second-order valence-corrected chi connectivity index (χ2v) is 21.0. The lowest BCUT2D eigenvalue weighted by atomic mass is 10.3. The zero-order valence-electron chi connectivity index (χ0n) is 6.42. The van der Waals surface area contributed by atoms with Crippen LogP contribution in [0.1, 0.15) is 13.8 Å². The van der Waals surface area contributed by atoms with Gasteiger partial charge in [0.05, 0.1) is 0 Å². The minimum absolute atomic E-state index is 0.100. The number of rotatable bonds is 3. The maximum Gasteiger partial charge on any atom is 0.345 e. The van der Waals surface area contributed by atoms with Gasteiger partial charge in [0.1, 0.15) is 0 Å². The first-order chi connectivity index (χ1) is 5.07. The van der Waals surface area contributed by atoms with Gasteiger partial charge in [-0.2, -0.15) is 0 Å². The Bertz CT molecular complexity index is 133. The zero-order valence-corrected chi connectivity index (χ0v) is 13.0. The first-order valence-electron chi connectivity index (χ1n) is 3.20. The molecular weight excluding hydrogens is 317 g/mol. The summed E-state index contributed by atoms with van der Waals surface area (Å²) in [6.07, 6.45) is 0. The molecular formula is C4H8Cl6Si2. The molecule has 74 valence electrons. The Labute approximate surface area is 103 Å². The fraction of sp³-hybridized carbons (Fsp3) is 1.00. The van der Waals surface area contributed by atoms with Crippen LogP contribution < -0.4 is 0 Å². The summed E-state index contributed by atoms with van der Waals surface area (Å²) < 4.78 is 0. The van der Waals surface area contributed by atoms with Gasteiger partial charge in [-0.1, -0.05) is 13.8 Å². The van der Waals surface area contributed by atoms with E-state index in [1.807, 2.05) is 13.8 Å². The molecule has 0 atom stereocenters. The third kappa shape index (κ3) is 4.60. The predicted molar refractivity (Wildman–Crippen MR) is 65.2 cm³/mol. The molecule has 0 unspecified atom stereocenters. The van der Waals surface area contributed by atoms with Gasteiger partial charge in [0.2, 0.25) is 0 Å². The van der Waals surface area contributed by atoms with Gasteiger partial charge in [0.25, 0.3) is 0 Å². The van der Waals surface area contributed by atoms with Crippen LogP contribution in [0.15, 0.2) is 0 Å². The van der Waals surface area contributed by atoms with Crippen LogP contribution in [-0.4, -0.2) is 12.0 Å². The smallest absolute Gasteiger partial charge is 0.126 e. The van der Waals surface area contributed by atoms with E-state index in [0.717, 1.165) is 0 Å². The summed E-state index contributed by atoms with van der Waals surface area (Å²) in [6, 6.07) is -5.81. The van der Waals surface area contributed by atoms with Gasteiger partial charge in [-0.25, -0.2) is 0 Å². The molecule has 0 aliphatic rings. The maximum absolute atomic E-state index is 5.83. The molecule has 0 nitrogen and oxygen atoms in total. The van der Waals surface area contributed by atoms with Gasteiger partial charge in [-0.15, -0.1) is 66.5 Å². The molecule has 0 aromatic heterocycles. The minimum Gasteiger partial charge on any atom is -0.126 e. The zero-order chi connectivity index (χ0) is 10.2. The van der Waals surface area contributed by atoms with Gasteiger partial charge in [-0.3, -0.25) is 0 Å². The van der Waals surface area contributed by atoms with Crippen LogP contribution in [0.3, 0.4) is 0 Å². The van der Waals surface area contributed by atoms with Crippen LogP contribution in [0, 0.1) is 5.92 Å². The van der Waals surface area contributed by atoms with Crippen molar-refractivity contribution >= 4 is 78.5 Å².